The Kier molecular flexibility index (Phi) is 6.20. The molecule has 1 atom stereocenters. The molecule has 0 aromatic heterocycles. The van der Waals surface area contributed by atoms with Crippen molar-refractivity contribution < 1.29 is 26.9 Å². The Hall–Kier alpha value is -1.68. The third kappa shape index (κ3) is 5.90. The summed E-state index contributed by atoms with van der Waals surface area (Å²) in [4.78, 5) is 12.2. The number of carbonyl (C=O) groups excluding carboxylic acids is 1. The minimum atomic E-state index is -3.91. The molecule has 1 fully saturated rings. The van der Waals surface area contributed by atoms with Crippen molar-refractivity contribution in [1.29, 1.82) is 0 Å². The molecule has 1 aromatic rings. The van der Waals surface area contributed by atoms with Gasteiger partial charge in [0, 0.05) is 0 Å². The number of nitrogens with zero attached hydrogens (tertiary/aromatic N) is 1. The summed E-state index contributed by atoms with van der Waals surface area (Å²) < 4.78 is 40.9. The summed E-state index contributed by atoms with van der Waals surface area (Å²) in [5.74, 6) is 0. The standard InChI is InChI=1S/C18H28N2O6S/c1-13-7-9-15(10-8-13)27(22,23)25-12-14-11-24-18(5,6)20(14)19-16(21)26-17(2,3)4/h7-10,14H,11-12H2,1-6H3,(H,19,21)/t14-/m0/s1. The summed E-state index contributed by atoms with van der Waals surface area (Å²) in [6, 6.07) is 5.91. The number of hydrogen-bond acceptors (Lipinski definition) is 7. The van der Waals surface area contributed by atoms with Crippen molar-refractivity contribution in [1.82, 2.24) is 10.4 Å². The van der Waals surface area contributed by atoms with E-state index in [-0.39, 0.29) is 18.1 Å². The number of aryl methyl sites for hydroxylation is 1. The molecule has 0 saturated carbocycles. The number of hydrogen-bond donors (Lipinski definition) is 1. The van der Waals surface area contributed by atoms with Crippen LogP contribution in [-0.2, 0) is 23.8 Å². The zero-order chi connectivity index (χ0) is 20.5. The zero-order valence-corrected chi connectivity index (χ0v) is 17.4. The average molecular weight is 400 g/mol. The van der Waals surface area contributed by atoms with Gasteiger partial charge in [0.2, 0.25) is 0 Å². The topological polar surface area (TPSA) is 94.2 Å². The number of hydrazine groups is 1. The smallest absolute Gasteiger partial charge is 0.422 e. The molecule has 1 saturated heterocycles. The van der Waals surface area contributed by atoms with Crippen molar-refractivity contribution in [3.05, 3.63) is 29.8 Å². The molecule has 1 aromatic carbocycles. The van der Waals surface area contributed by atoms with Gasteiger partial charge in [0.25, 0.3) is 10.1 Å². The van der Waals surface area contributed by atoms with Gasteiger partial charge in [-0.25, -0.2) is 4.79 Å². The lowest BCUT2D eigenvalue weighted by Gasteiger charge is -2.33. The molecule has 1 amide bonds. The number of nitrogens with one attached hydrogen (secondary N) is 1. The molecule has 1 aliphatic rings. The summed E-state index contributed by atoms with van der Waals surface area (Å²) >= 11 is 0. The first-order valence-corrected chi connectivity index (χ1v) is 10.1. The van der Waals surface area contributed by atoms with E-state index in [0.717, 1.165) is 5.56 Å². The van der Waals surface area contributed by atoms with Gasteiger partial charge in [0.05, 0.1) is 24.2 Å². The average Bonchev–Trinajstić information content (AvgIpc) is 2.79. The number of amides is 1. The van der Waals surface area contributed by atoms with Gasteiger partial charge in [-0.3, -0.25) is 9.61 Å². The molecular formula is C18H28N2O6S. The van der Waals surface area contributed by atoms with E-state index in [1.807, 2.05) is 6.92 Å². The molecule has 0 spiro atoms. The van der Waals surface area contributed by atoms with Crippen LogP contribution in [0.1, 0.15) is 40.2 Å². The maximum Gasteiger partial charge on any atom is 0.422 e. The summed E-state index contributed by atoms with van der Waals surface area (Å²) in [6.07, 6.45) is -0.646. The molecule has 0 radical (unpaired) electrons. The zero-order valence-electron chi connectivity index (χ0n) is 16.6. The lowest BCUT2D eigenvalue weighted by Crippen LogP contribution is -2.56. The SMILES string of the molecule is Cc1ccc(S(=O)(=O)OC[C@@H]2COC(C)(C)N2NC(=O)OC(C)(C)C)cc1. The van der Waals surface area contributed by atoms with Crippen LogP contribution in [0.4, 0.5) is 4.79 Å². The third-order valence-electron chi connectivity index (χ3n) is 3.91. The molecule has 2 rings (SSSR count). The van der Waals surface area contributed by atoms with Crippen LogP contribution in [0.15, 0.2) is 29.2 Å². The van der Waals surface area contributed by atoms with E-state index in [9.17, 15) is 13.2 Å². The first-order valence-electron chi connectivity index (χ1n) is 8.69. The second-order valence-corrected chi connectivity index (χ2v) is 9.56. The van der Waals surface area contributed by atoms with E-state index >= 15 is 0 Å². The summed E-state index contributed by atoms with van der Waals surface area (Å²) in [7, 11) is -3.91. The van der Waals surface area contributed by atoms with E-state index in [2.05, 4.69) is 5.43 Å². The lowest BCUT2D eigenvalue weighted by molar-refractivity contribution is -0.0822. The second-order valence-electron chi connectivity index (χ2n) is 7.95. The van der Waals surface area contributed by atoms with Crippen LogP contribution in [0.2, 0.25) is 0 Å². The van der Waals surface area contributed by atoms with Crippen LogP contribution < -0.4 is 5.43 Å². The van der Waals surface area contributed by atoms with Gasteiger partial charge in [-0.1, -0.05) is 17.7 Å². The molecule has 0 bridgehead atoms. The van der Waals surface area contributed by atoms with Gasteiger partial charge in [0.1, 0.15) is 11.3 Å². The van der Waals surface area contributed by atoms with Crippen LogP contribution in [0.3, 0.4) is 0 Å². The van der Waals surface area contributed by atoms with E-state index in [4.69, 9.17) is 13.7 Å². The predicted octanol–water partition coefficient (Wildman–Crippen LogP) is 2.58. The highest BCUT2D eigenvalue weighted by Crippen LogP contribution is 2.26. The quantitative estimate of drug-likeness (QED) is 0.759. The van der Waals surface area contributed by atoms with Gasteiger partial charge in [-0.05, 0) is 53.7 Å². The number of benzene rings is 1. The molecule has 27 heavy (non-hydrogen) atoms. The fourth-order valence-corrected chi connectivity index (χ4v) is 3.51. The van der Waals surface area contributed by atoms with Gasteiger partial charge in [0.15, 0.2) is 0 Å². The van der Waals surface area contributed by atoms with Crippen LogP contribution in [-0.4, -0.2) is 50.1 Å². The monoisotopic (exact) mass is 400 g/mol. The molecule has 1 N–H and O–H groups in total. The molecule has 0 unspecified atom stereocenters. The van der Waals surface area contributed by atoms with Crippen molar-refractivity contribution in [2.24, 2.45) is 0 Å². The summed E-state index contributed by atoms with van der Waals surface area (Å²) in [6.45, 7) is 10.7. The van der Waals surface area contributed by atoms with Gasteiger partial charge in [-0.2, -0.15) is 13.4 Å². The second kappa shape index (κ2) is 7.75. The van der Waals surface area contributed by atoms with Crippen LogP contribution in [0, 0.1) is 6.92 Å². The minimum absolute atomic E-state index is 0.0814. The Bertz CT molecular complexity index is 768. The van der Waals surface area contributed by atoms with E-state index in [0.29, 0.717) is 0 Å². The minimum Gasteiger partial charge on any atom is -0.443 e. The summed E-state index contributed by atoms with van der Waals surface area (Å²) in [5, 5.41) is 1.52. The maximum absolute atomic E-state index is 12.4. The molecule has 1 heterocycles. The Morgan fingerprint density at radius 3 is 2.44 bits per heavy atom. The van der Waals surface area contributed by atoms with Gasteiger partial charge >= 0.3 is 6.09 Å². The Labute approximate surface area is 160 Å². The highest BCUT2D eigenvalue weighted by molar-refractivity contribution is 7.86. The van der Waals surface area contributed by atoms with Gasteiger partial charge in [-0.15, -0.1) is 0 Å². The van der Waals surface area contributed by atoms with Crippen LogP contribution in [0.5, 0.6) is 0 Å². The van der Waals surface area contributed by atoms with Crippen LogP contribution in [0.25, 0.3) is 0 Å². The van der Waals surface area contributed by atoms with E-state index in [1.165, 1.54) is 17.1 Å². The Morgan fingerprint density at radius 1 is 1.30 bits per heavy atom. The highest BCUT2D eigenvalue weighted by atomic mass is 32.2. The number of carbonyl (C=O) groups is 1. The summed E-state index contributed by atoms with van der Waals surface area (Å²) in [5.41, 5.74) is 2.09. The molecule has 8 nitrogen and oxygen atoms in total. The van der Waals surface area contributed by atoms with E-state index < -0.39 is 33.6 Å². The van der Waals surface area contributed by atoms with Gasteiger partial charge < -0.3 is 9.47 Å². The third-order valence-corrected chi connectivity index (χ3v) is 5.21. The van der Waals surface area contributed by atoms with E-state index in [1.54, 1.807) is 46.8 Å². The first kappa shape index (κ1) is 21.6. The molecule has 152 valence electrons. The van der Waals surface area contributed by atoms with Crippen molar-refractivity contribution >= 4 is 16.2 Å². The molecular weight excluding hydrogens is 372 g/mol. The fourth-order valence-electron chi connectivity index (χ4n) is 2.57. The maximum atomic E-state index is 12.4. The van der Waals surface area contributed by atoms with Crippen molar-refractivity contribution in [2.45, 2.75) is 63.8 Å². The van der Waals surface area contributed by atoms with Crippen molar-refractivity contribution in [2.75, 3.05) is 13.2 Å². The Balaban J connectivity index is 2.05. The normalized spacial score (nSPS) is 20.4. The molecule has 0 aliphatic carbocycles. The largest absolute Gasteiger partial charge is 0.443 e. The molecule has 9 heteroatoms. The Morgan fingerprint density at radius 2 is 1.89 bits per heavy atom. The number of rotatable bonds is 5. The fraction of sp³-hybridized carbons (Fsp3) is 0.611. The predicted molar refractivity (Wildman–Crippen MR) is 99.3 cm³/mol. The van der Waals surface area contributed by atoms with Crippen molar-refractivity contribution in [3.63, 3.8) is 0 Å². The first-order chi connectivity index (χ1) is 12.3. The molecule has 1 aliphatic heterocycles. The van der Waals surface area contributed by atoms with Crippen LogP contribution >= 0.6 is 0 Å². The van der Waals surface area contributed by atoms with Crippen molar-refractivity contribution in [3.8, 4) is 0 Å². The number of ether oxygens (including phenoxy) is 2. The lowest BCUT2D eigenvalue weighted by atomic mass is 10.2. The highest BCUT2D eigenvalue weighted by Gasteiger charge is 2.43.